The third kappa shape index (κ3) is 2.75. The number of halogens is 1. The molecule has 1 atom stereocenters. The van der Waals surface area contributed by atoms with Gasteiger partial charge in [0.05, 0.1) is 0 Å². The van der Waals surface area contributed by atoms with Gasteiger partial charge in [0.25, 0.3) is 0 Å². The van der Waals surface area contributed by atoms with Crippen LogP contribution in [0.3, 0.4) is 0 Å². The highest BCUT2D eigenvalue weighted by atomic mass is 35.5. The molecule has 1 unspecified atom stereocenters. The second-order valence-corrected chi connectivity index (χ2v) is 5.65. The molecule has 0 saturated carbocycles. The van der Waals surface area contributed by atoms with Crippen molar-refractivity contribution in [2.75, 3.05) is 18.0 Å². The summed E-state index contributed by atoms with van der Waals surface area (Å²) in [5, 5.41) is 0.772. The summed E-state index contributed by atoms with van der Waals surface area (Å²) in [4.78, 5) is 2.45. The van der Waals surface area contributed by atoms with Crippen LogP contribution in [0.2, 0.25) is 5.02 Å². The lowest BCUT2D eigenvalue weighted by atomic mass is 9.95. The normalized spacial score (nSPS) is 20.3. The minimum absolute atomic E-state index is 0.554. The van der Waals surface area contributed by atoms with Gasteiger partial charge < -0.3 is 10.6 Å². The summed E-state index contributed by atoms with van der Waals surface area (Å²) in [7, 11) is 0. The lowest BCUT2D eigenvalue weighted by Gasteiger charge is -2.22. The topological polar surface area (TPSA) is 29.3 Å². The van der Waals surface area contributed by atoms with E-state index in [9.17, 15) is 0 Å². The number of hydrogen-bond acceptors (Lipinski definition) is 2. The number of nitrogens with two attached hydrogens (primary N) is 1. The van der Waals surface area contributed by atoms with Crippen LogP contribution in [0.4, 0.5) is 5.69 Å². The summed E-state index contributed by atoms with van der Waals surface area (Å²) >= 11 is 6.01. The van der Waals surface area contributed by atoms with Crippen LogP contribution in [-0.4, -0.2) is 13.1 Å². The quantitative estimate of drug-likeness (QED) is 0.895. The fraction of sp³-hybridized carbons (Fsp3) is 0.571. The number of hydrogen-bond donors (Lipinski definition) is 1. The summed E-state index contributed by atoms with van der Waals surface area (Å²) in [5.74, 6) is 1.56. The molecule has 1 aromatic rings. The third-order valence-corrected chi connectivity index (χ3v) is 4.00. The van der Waals surface area contributed by atoms with Crippen LogP contribution in [0.5, 0.6) is 0 Å². The molecule has 2 rings (SSSR count). The van der Waals surface area contributed by atoms with Gasteiger partial charge in [-0.1, -0.05) is 25.4 Å². The maximum Gasteiger partial charge on any atom is 0.0412 e. The zero-order chi connectivity index (χ0) is 12.4. The van der Waals surface area contributed by atoms with Gasteiger partial charge in [-0.25, -0.2) is 0 Å². The molecule has 1 aromatic carbocycles. The second kappa shape index (κ2) is 5.28. The summed E-state index contributed by atoms with van der Waals surface area (Å²) in [6.45, 7) is 7.45. The monoisotopic (exact) mass is 252 g/mol. The molecule has 1 aliphatic rings. The van der Waals surface area contributed by atoms with E-state index in [0.717, 1.165) is 35.5 Å². The van der Waals surface area contributed by atoms with Crippen molar-refractivity contribution in [2.24, 2.45) is 17.6 Å². The highest BCUT2D eigenvalue weighted by Gasteiger charge is 2.25. The third-order valence-electron chi connectivity index (χ3n) is 3.77. The zero-order valence-corrected chi connectivity index (χ0v) is 11.4. The molecule has 1 saturated heterocycles. The first-order valence-electron chi connectivity index (χ1n) is 6.35. The van der Waals surface area contributed by atoms with Crippen LogP contribution in [-0.2, 0) is 6.54 Å². The Morgan fingerprint density at radius 3 is 2.82 bits per heavy atom. The average molecular weight is 253 g/mol. The standard InChI is InChI=1S/C14H21ClN2/c1-10(2)11-5-6-17(9-11)14-4-3-13(15)7-12(14)8-16/h3-4,7,10-11H,5-6,8-9,16H2,1-2H3. The van der Waals surface area contributed by atoms with Gasteiger partial charge in [0.2, 0.25) is 0 Å². The maximum atomic E-state index is 6.01. The largest absolute Gasteiger partial charge is 0.371 e. The van der Waals surface area contributed by atoms with Crippen molar-refractivity contribution in [3.63, 3.8) is 0 Å². The molecule has 0 radical (unpaired) electrons. The van der Waals surface area contributed by atoms with E-state index in [0.29, 0.717) is 6.54 Å². The summed E-state index contributed by atoms with van der Waals surface area (Å²) in [6.07, 6.45) is 1.28. The molecule has 0 spiro atoms. The van der Waals surface area contributed by atoms with Gasteiger partial charge in [-0.05, 0) is 42.0 Å². The van der Waals surface area contributed by atoms with Crippen molar-refractivity contribution in [1.29, 1.82) is 0 Å². The molecule has 17 heavy (non-hydrogen) atoms. The lowest BCUT2D eigenvalue weighted by molar-refractivity contribution is 0.422. The van der Waals surface area contributed by atoms with E-state index < -0.39 is 0 Å². The molecule has 0 aromatic heterocycles. The fourth-order valence-electron chi connectivity index (χ4n) is 2.58. The number of nitrogens with zero attached hydrogens (tertiary/aromatic N) is 1. The lowest BCUT2D eigenvalue weighted by Crippen LogP contribution is -2.23. The SMILES string of the molecule is CC(C)C1CCN(c2ccc(Cl)cc2CN)C1. The molecule has 2 N–H and O–H groups in total. The Morgan fingerprint density at radius 1 is 1.47 bits per heavy atom. The molecule has 1 fully saturated rings. The van der Waals surface area contributed by atoms with Crippen LogP contribution in [0.1, 0.15) is 25.8 Å². The first kappa shape index (κ1) is 12.7. The van der Waals surface area contributed by atoms with Crippen LogP contribution in [0, 0.1) is 11.8 Å². The van der Waals surface area contributed by atoms with E-state index in [1.807, 2.05) is 12.1 Å². The van der Waals surface area contributed by atoms with Crippen molar-refractivity contribution in [3.8, 4) is 0 Å². The second-order valence-electron chi connectivity index (χ2n) is 5.22. The summed E-state index contributed by atoms with van der Waals surface area (Å²) in [5.41, 5.74) is 8.21. The first-order chi connectivity index (χ1) is 8.11. The Morgan fingerprint density at radius 2 is 2.24 bits per heavy atom. The van der Waals surface area contributed by atoms with Gasteiger partial charge >= 0.3 is 0 Å². The van der Waals surface area contributed by atoms with Gasteiger partial charge in [0.15, 0.2) is 0 Å². The number of anilines is 1. The first-order valence-corrected chi connectivity index (χ1v) is 6.73. The van der Waals surface area contributed by atoms with Gasteiger partial charge in [-0.15, -0.1) is 0 Å². The number of rotatable bonds is 3. The predicted octanol–water partition coefficient (Wildman–Crippen LogP) is 3.28. The van der Waals surface area contributed by atoms with E-state index in [-0.39, 0.29) is 0 Å². The van der Waals surface area contributed by atoms with Gasteiger partial charge in [-0.2, -0.15) is 0 Å². The molecular weight excluding hydrogens is 232 g/mol. The molecule has 94 valence electrons. The average Bonchev–Trinajstić information content (AvgIpc) is 2.78. The molecule has 0 aliphatic carbocycles. The molecule has 0 amide bonds. The van der Waals surface area contributed by atoms with Crippen molar-refractivity contribution in [3.05, 3.63) is 28.8 Å². The highest BCUT2D eigenvalue weighted by molar-refractivity contribution is 6.30. The van der Waals surface area contributed by atoms with E-state index >= 15 is 0 Å². The fourth-order valence-corrected chi connectivity index (χ4v) is 2.77. The molecule has 0 bridgehead atoms. The van der Waals surface area contributed by atoms with E-state index in [1.54, 1.807) is 0 Å². The van der Waals surface area contributed by atoms with Crippen molar-refractivity contribution < 1.29 is 0 Å². The van der Waals surface area contributed by atoms with Crippen LogP contribution >= 0.6 is 11.6 Å². The van der Waals surface area contributed by atoms with Crippen LogP contribution in [0.15, 0.2) is 18.2 Å². The minimum Gasteiger partial charge on any atom is -0.371 e. The Hall–Kier alpha value is -0.730. The van der Waals surface area contributed by atoms with Crippen LogP contribution in [0.25, 0.3) is 0 Å². The zero-order valence-electron chi connectivity index (χ0n) is 10.6. The van der Waals surface area contributed by atoms with E-state index in [1.165, 1.54) is 12.1 Å². The van der Waals surface area contributed by atoms with Crippen molar-refractivity contribution >= 4 is 17.3 Å². The molecule has 1 heterocycles. The molecule has 2 nitrogen and oxygen atoms in total. The Kier molecular flexibility index (Phi) is 3.95. The van der Waals surface area contributed by atoms with Crippen LogP contribution < -0.4 is 10.6 Å². The summed E-state index contributed by atoms with van der Waals surface area (Å²) in [6, 6.07) is 6.05. The van der Waals surface area contributed by atoms with Gasteiger partial charge in [-0.3, -0.25) is 0 Å². The molecule has 3 heteroatoms. The maximum absolute atomic E-state index is 6.01. The van der Waals surface area contributed by atoms with E-state index in [4.69, 9.17) is 17.3 Å². The Bertz CT molecular complexity index is 390. The molecular formula is C14H21ClN2. The van der Waals surface area contributed by atoms with Crippen molar-refractivity contribution in [2.45, 2.75) is 26.8 Å². The Labute approximate surface area is 109 Å². The van der Waals surface area contributed by atoms with Gasteiger partial charge in [0, 0.05) is 30.3 Å². The minimum atomic E-state index is 0.554. The van der Waals surface area contributed by atoms with Gasteiger partial charge in [0.1, 0.15) is 0 Å². The smallest absolute Gasteiger partial charge is 0.0412 e. The Balaban J connectivity index is 2.18. The highest BCUT2D eigenvalue weighted by Crippen LogP contribution is 2.31. The predicted molar refractivity (Wildman–Crippen MR) is 74.5 cm³/mol. The molecule has 1 aliphatic heterocycles. The van der Waals surface area contributed by atoms with Crippen molar-refractivity contribution in [1.82, 2.24) is 0 Å². The number of benzene rings is 1. The van der Waals surface area contributed by atoms with E-state index in [2.05, 4.69) is 24.8 Å². The summed E-state index contributed by atoms with van der Waals surface area (Å²) < 4.78 is 0.